The van der Waals surface area contributed by atoms with Crippen LogP contribution in [0.15, 0.2) is 48.1 Å². The monoisotopic (exact) mass is 367 g/mol. The lowest BCUT2D eigenvalue weighted by molar-refractivity contribution is 0.0844. The van der Waals surface area contributed by atoms with Crippen LogP contribution >= 0.6 is 0 Å². The summed E-state index contributed by atoms with van der Waals surface area (Å²) in [7, 11) is 0. The third-order valence-corrected chi connectivity index (χ3v) is 5.04. The number of allylic oxidation sites excluding steroid dienone is 3. The fourth-order valence-corrected chi connectivity index (χ4v) is 3.49. The third kappa shape index (κ3) is 4.80. The minimum Gasteiger partial charge on any atom is -0.441 e. The maximum absolute atomic E-state index is 13.3. The first-order chi connectivity index (χ1) is 12.8. The van der Waals surface area contributed by atoms with Gasteiger partial charge in [-0.15, -0.1) is 0 Å². The van der Waals surface area contributed by atoms with E-state index >= 15 is 0 Å². The molecule has 0 spiro atoms. The predicted molar refractivity (Wildman–Crippen MR) is 105 cm³/mol. The summed E-state index contributed by atoms with van der Waals surface area (Å²) in [6.07, 6.45) is 9.77. The van der Waals surface area contributed by atoms with Gasteiger partial charge in [0.2, 0.25) is 0 Å². The molecule has 1 heterocycles. The van der Waals surface area contributed by atoms with Gasteiger partial charge in [-0.2, -0.15) is 0 Å². The highest BCUT2D eigenvalue weighted by Crippen LogP contribution is 2.34. The van der Waals surface area contributed by atoms with Gasteiger partial charge in [0.15, 0.2) is 0 Å². The number of carbonyl (C=O) groups excluding carboxylic acids is 1. The van der Waals surface area contributed by atoms with Crippen LogP contribution in [0.5, 0.6) is 0 Å². The summed E-state index contributed by atoms with van der Waals surface area (Å²) in [5.41, 5.74) is 0.660. The molecule has 1 saturated heterocycles. The van der Waals surface area contributed by atoms with Gasteiger partial charge in [0.25, 0.3) is 0 Å². The van der Waals surface area contributed by atoms with E-state index in [0.717, 1.165) is 31.3 Å². The van der Waals surface area contributed by atoms with Crippen molar-refractivity contribution >= 4 is 6.09 Å². The van der Waals surface area contributed by atoms with Crippen molar-refractivity contribution in [3.8, 4) is 11.8 Å². The zero-order chi connectivity index (χ0) is 19.5. The molecular weight excluding hydrogens is 341 g/mol. The van der Waals surface area contributed by atoms with Crippen molar-refractivity contribution < 1.29 is 13.9 Å². The summed E-state index contributed by atoms with van der Waals surface area (Å²) >= 11 is 0. The van der Waals surface area contributed by atoms with Crippen molar-refractivity contribution in [3.05, 3.63) is 59.4 Å². The smallest absolute Gasteiger partial charge is 0.411 e. The van der Waals surface area contributed by atoms with E-state index in [1.54, 1.807) is 12.1 Å². The van der Waals surface area contributed by atoms with Crippen molar-refractivity contribution in [1.29, 1.82) is 0 Å². The maximum Gasteiger partial charge on any atom is 0.411 e. The second-order valence-corrected chi connectivity index (χ2v) is 8.07. The minimum atomic E-state index is -0.470. The van der Waals surface area contributed by atoms with E-state index < -0.39 is 11.1 Å². The summed E-state index contributed by atoms with van der Waals surface area (Å²) < 4.78 is 18.8. The van der Waals surface area contributed by atoms with Gasteiger partial charge in [0.05, 0.1) is 12.1 Å². The van der Waals surface area contributed by atoms with Crippen LogP contribution in [0.4, 0.5) is 9.18 Å². The fraction of sp³-hybridized carbons (Fsp3) is 0.435. The normalized spacial score (nSPS) is 27.9. The molecule has 1 aromatic rings. The highest BCUT2D eigenvalue weighted by atomic mass is 19.1. The number of ether oxygens (including phenoxy) is 1. The van der Waals surface area contributed by atoms with E-state index in [4.69, 9.17) is 4.74 Å². The van der Waals surface area contributed by atoms with Gasteiger partial charge in [0.1, 0.15) is 11.4 Å². The summed E-state index contributed by atoms with van der Waals surface area (Å²) in [6, 6.07) is 6.29. The van der Waals surface area contributed by atoms with Gasteiger partial charge in [-0.1, -0.05) is 36.5 Å². The van der Waals surface area contributed by atoms with Gasteiger partial charge in [-0.25, -0.2) is 9.18 Å². The van der Waals surface area contributed by atoms with Crippen molar-refractivity contribution in [2.24, 2.45) is 0 Å². The van der Waals surface area contributed by atoms with Crippen LogP contribution in [0.1, 0.15) is 52.0 Å². The lowest BCUT2D eigenvalue weighted by atomic mass is 9.91. The molecule has 4 heteroatoms. The Morgan fingerprint density at radius 3 is 2.70 bits per heavy atom. The Labute approximate surface area is 160 Å². The van der Waals surface area contributed by atoms with Gasteiger partial charge < -0.3 is 4.74 Å². The van der Waals surface area contributed by atoms with Crippen molar-refractivity contribution in [3.63, 3.8) is 0 Å². The molecule has 1 aromatic carbocycles. The molecule has 1 amide bonds. The molecule has 1 unspecified atom stereocenters. The molecule has 0 bridgehead atoms. The van der Waals surface area contributed by atoms with Gasteiger partial charge in [0, 0.05) is 11.1 Å². The molecule has 0 saturated carbocycles. The van der Waals surface area contributed by atoms with Crippen LogP contribution < -0.4 is 0 Å². The summed E-state index contributed by atoms with van der Waals surface area (Å²) in [4.78, 5) is 14.2. The molecule has 1 atom stereocenters. The van der Waals surface area contributed by atoms with Crippen LogP contribution in [-0.2, 0) is 4.74 Å². The minimum absolute atomic E-state index is 0.261. The van der Waals surface area contributed by atoms with Crippen LogP contribution in [0, 0.1) is 17.7 Å². The molecular formula is C23H26FNO2. The van der Waals surface area contributed by atoms with Crippen molar-refractivity contribution in [1.82, 2.24) is 4.90 Å². The van der Waals surface area contributed by atoms with E-state index in [9.17, 15) is 9.18 Å². The Bertz CT molecular complexity index is 843. The van der Waals surface area contributed by atoms with E-state index in [0.29, 0.717) is 12.1 Å². The lowest BCUT2D eigenvalue weighted by Crippen LogP contribution is -2.46. The average Bonchev–Trinajstić information content (AvgIpc) is 2.93. The molecule has 0 N–H and O–H groups in total. The predicted octanol–water partition coefficient (Wildman–Crippen LogP) is 5.22. The van der Waals surface area contributed by atoms with Gasteiger partial charge >= 0.3 is 6.09 Å². The first kappa shape index (κ1) is 19.2. The van der Waals surface area contributed by atoms with E-state index in [-0.39, 0.29) is 11.9 Å². The molecule has 0 radical (unpaired) electrons. The number of cyclic esters (lactones) is 1. The Morgan fingerprint density at radius 2 is 2.00 bits per heavy atom. The van der Waals surface area contributed by atoms with Crippen molar-refractivity contribution in [2.75, 3.05) is 6.54 Å². The molecule has 2 aliphatic rings. The number of rotatable bonds is 1. The molecule has 3 rings (SSSR count). The quantitative estimate of drug-likeness (QED) is 0.637. The largest absolute Gasteiger partial charge is 0.441 e. The van der Waals surface area contributed by atoms with E-state index in [1.165, 1.54) is 12.1 Å². The number of carbonyl (C=O) groups is 1. The Balaban J connectivity index is 1.85. The number of amides is 1. The van der Waals surface area contributed by atoms with E-state index in [2.05, 4.69) is 30.9 Å². The Morgan fingerprint density at radius 1 is 1.19 bits per heavy atom. The summed E-state index contributed by atoms with van der Waals surface area (Å²) in [5.74, 6) is 5.88. The van der Waals surface area contributed by atoms with Crippen LogP contribution in [-0.4, -0.2) is 28.7 Å². The van der Waals surface area contributed by atoms with Crippen molar-refractivity contribution in [2.45, 2.75) is 57.6 Å². The van der Waals surface area contributed by atoms with E-state index in [1.807, 2.05) is 24.8 Å². The third-order valence-electron chi connectivity index (χ3n) is 5.04. The first-order valence-corrected chi connectivity index (χ1v) is 9.45. The molecule has 1 fully saturated rings. The van der Waals surface area contributed by atoms with Crippen LogP contribution in [0.3, 0.4) is 0 Å². The number of hydrogen-bond acceptors (Lipinski definition) is 2. The fourth-order valence-electron chi connectivity index (χ4n) is 3.49. The molecule has 1 aliphatic heterocycles. The number of hydrogen-bond donors (Lipinski definition) is 0. The van der Waals surface area contributed by atoms with Crippen LogP contribution in [0.2, 0.25) is 0 Å². The molecule has 142 valence electrons. The second-order valence-electron chi connectivity index (χ2n) is 8.07. The number of benzene rings is 1. The summed E-state index contributed by atoms with van der Waals surface area (Å²) in [6.45, 7) is 6.52. The maximum atomic E-state index is 13.3. The molecule has 1 aliphatic carbocycles. The first-order valence-electron chi connectivity index (χ1n) is 9.45. The lowest BCUT2D eigenvalue weighted by Gasteiger charge is -2.35. The number of nitrogens with zero attached hydrogens (tertiary/aromatic N) is 1. The van der Waals surface area contributed by atoms with Gasteiger partial charge in [-0.3, -0.25) is 4.90 Å². The zero-order valence-electron chi connectivity index (χ0n) is 16.2. The Hall–Kier alpha value is -2.54. The standard InChI is InChI=1S/C23H26FNO2/c1-22(2)17-25(21(26)27-22)23(3)14-6-4-5-8-18(13-15-23)11-12-19-9-7-10-20(24)16-19/h7-10,13,15-16H,4-6,14,17H2,1-3H3/b15-13-,18-8-. The highest BCUT2D eigenvalue weighted by Gasteiger charge is 2.45. The summed E-state index contributed by atoms with van der Waals surface area (Å²) in [5, 5.41) is 0. The Kier molecular flexibility index (Phi) is 5.41. The SMILES string of the molecule is CC1(C)CN(C2(C)/C=C\C(C#Cc3cccc(F)c3)=C/CCCC2)C(=O)O1. The second kappa shape index (κ2) is 7.60. The number of halogens is 1. The zero-order valence-corrected chi connectivity index (χ0v) is 16.2. The molecule has 27 heavy (non-hydrogen) atoms. The highest BCUT2D eigenvalue weighted by molar-refractivity contribution is 5.72. The van der Waals surface area contributed by atoms with Crippen LogP contribution in [0.25, 0.3) is 0 Å². The topological polar surface area (TPSA) is 29.5 Å². The molecule has 3 nitrogen and oxygen atoms in total. The molecule has 0 aromatic heterocycles. The van der Waals surface area contributed by atoms with Gasteiger partial charge in [-0.05, 0) is 64.3 Å². The average molecular weight is 367 g/mol.